The average molecular weight is 284 g/mol. The maximum absolute atomic E-state index is 5.31. The third-order valence-corrected chi connectivity index (χ3v) is 3.34. The molecular formula is C14H16N6O. The van der Waals surface area contributed by atoms with E-state index in [0.717, 1.165) is 34.8 Å². The van der Waals surface area contributed by atoms with Gasteiger partial charge in [0.25, 0.3) is 0 Å². The molecule has 3 aromatic rings. The molecule has 0 bridgehead atoms. The third-order valence-electron chi connectivity index (χ3n) is 3.34. The molecule has 0 aliphatic heterocycles. The molecule has 0 spiro atoms. The fourth-order valence-corrected chi connectivity index (χ4v) is 2.22. The van der Waals surface area contributed by atoms with Gasteiger partial charge in [-0.15, -0.1) is 5.10 Å². The molecule has 1 N–H and O–H groups in total. The normalized spacial score (nSPS) is 10.8. The van der Waals surface area contributed by atoms with E-state index in [1.165, 1.54) is 0 Å². The zero-order valence-electron chi connectivity index (χ0n) is 11.9. The number of hydrogen-bond acceptors (Lipinski definition) is 6. The fraction of sp³-hybridized carbons (Fsp3) is 0.286. The first kappa shape index (κ1) is 13.3. The number of anilines is 1. The highest BCUT2D eigenvalue weighted by molar-refractivity contribution is 5.60. The minimum atomic E-state index is 0.650. The first-order chi connectivity index (χ1) is 10.3. The molecule has 0 saturated heterocycles. The Labute approximate surface area is 122 Å². The van der Waals surface area contributed by atoms with Crippen molar-refractivity contribution in [1.82, 2.24) is 25.4 Å². The van der Waals surface area contributed by atoms with Crippen LogP contribution >= 0.6 is 0 Å². The van der Waals surface area contributed by atoms with Gasteiger partial charge in [0, 0.05) is 18.5 Å². The molecule has 108 valence electrons. The molecule has 0 saturated carbocycles. The van der Waals surface area contributed by atoms with Crippen LogP contribution in [0, 0.1) is 6.92 Å². The Balaban J connectivity index is 1.84. The van der Waals surface area contributed by atoms with Crippen LogP contribution in [0.5, 0.6) is 0 Å². The van der Waals surface area contributed by atoms with Crippen LogP contribution in [0.3, 0.4) is 0 Å². The highest BCUT2D eigenvalue weighted by Gasteiger charge is 2.12. The quantitative estimate of drug-likeness (QED) is 0.773. The van der Waals surface area contributed by atoms with E-state index in [1.54, 1.807) is 11.0 Å². The lowest BCUT2D eigenvalue weighted by Crippen LogP contribution is -2.06. The Bertz CT molecular complexity index is 719. The van der Waals surface area contributed by atoms with Crippen LogP contribution in [0.4, 0.5) is 5.69 Å². The molecule has 7 nitrogen and oxygen atoms in total. The van der Waals surface area contributed by atoms with Crippen LogP contribution in [-0.2, 0) is 13.0 Å². The SMILES string of the molecule is CCc1onc(C)c1CNc1ccccc1-n1cnnn1. The van der Waals surface area contributed by atoms with Crippen molar-refractivity contribution in [3.05, 3.63) is 47.6 Å². The molecule has 3 rings (SSSR count). The lowest BCUT2D eigenvalue weighted by Gasteiger charge is -2.11. The van der Waals surface area contributed by atoms with E-state index in [-0.39, 0.29) is 0 Å². The summed E-state index contributed by atoms with van der Waals surface area (Å²) in [6.45, 7) is 4.66. The van der Waals surface area contributed by atoms with E-state index < -0.39 is 0 Å². The monoisotopic (exact) mass is 284 g/mol. The van der Waals surface area contributed by atoms with E-state index in [1.807, 2.05) is 31.2 Å². The Morgan fingerprint density at radius 1 is 1.29 bits per heavy atom. The second kappa shape index (κ2) is 5.74. The molecule has 0 aliphatic carbocycles. The molecule has 0 radical (unpaired) electrons. The average Bonchev–Trinajstić information content (AvgIpc) is 3.15. The fourth-order valence-electron chi connectivity index (χ4n) is 2.22. The van der Waals surface area contributed by atoms with Gasteiger partial charge < -0.3 is 9.84 Å². The molecule has 0 amide bonds. The lowest BCUT2D eigenvalue weighted by atomic mass is 10.1. The van der Waals surface area contributed by atoms with E-state index in [9.17, 15) is 0 Å². The number of aryl methyl sites for hydroxylation is 2. The van der Waals surface area contributed by atoms with Gasteiger partial charge >= 0.3 is 0 Å². The highest BCUT2D eigenvalue weighted by atomic mass is 16.5. The predicted octanol–water partition coefficient (Wildman–Crippen LogP) is 2.13. The number of nitrogens with zero attached hydrogens (tertiary/aromatic N) is 5. The van der Waals surface area contributed by atoms with Gasteiger partial charge in [-0.05, 0) is 29.5 Å². The zero-order valence-corrected chi connectivity index (χ0v) is 11.9. The summed E-state index contributed by atoms with van der Waals surface area (Å²) >= 11 is 0. The molecule has 0 fully saturated rings. The third kappa shape index (κ3) is 2.62. The number of para-hydroxylation sites is 2. The van der Waals surface area contributed by atoms with E-state index in [4.69, 9.17) is 4.52 Å². The van der Waals surface area contributed by atoms with Crippen molar-refractivity contribution in [3.63, 3.8) is 0 Å². The number of nitrogens with one attached hydrogen (secondary N) is 1. The van der Waals surface area contributed by atoms with Gasteiger partial charge in [-0.3, -0.25) is 0 Å². The van der Waals surface area contributed by atoms with E-state index in [2.05, 4.69) is 32.9 Å². The number of rotatable bonds is 5. The van der Waals surface area contributed by atoms with Crippen molar-refractivity contribution < 1.29 is 4.52 Å². The largest absolute Gasteiger partial charge is 0.379 e. The second-order valence-corrected chi connectivity index (χ2v) is 4.65. The first-order valence-electron chi connectivity index (χ1n) is 6.80. The minimum Gasteiger partial charge on any atom is -0.379 e. The highest BCUT2D eigenvalue weighted by Crippen LogP contribution is 2.21. The van der Waals surface area contributed by atoms with Gasteiger partial charge in [0.15, 0.2) is 0 Å². The molecule has 0 atom stereocenters. The minimum absolute atomic E-state index is 0.650. The van der Waals surface area contributed by atoms with Gasteiger partial charge in [-0.25, -0.2) is 0 Å². The smallest absolute Gasteiger partial charge is 0.143 e. The summed E-state index contributed by atoms with van der Waals surface area (Å²) in [5, 5.41) is 18.7. The van der Waals surface area contributed by atoms with Crippen molar-refractivity contribution in [2.75, 3.05) is 5.32 Å². The van der Waals surface area contributed by atoms with Crippen molar-refractivity contribution >= 4 is 5.69 Å². The second-order valence-electron chi connectivity index (χ2n) is 4.65. The number of aromatic nitrogens is 5. The number of benzene rings is 1. The molecule has 7 heteroatoms. The van der Waals surface area contributed by atoms with Crippen LogP contribution in [0.2, 0.25) is 0 Å². The van der Waals surface area contributed by atoms with E-state index >= 15 is 0 Å². The van der Waals surface area contributed by atoms with Crippen LogP contribution < -0.4 is 5.32 Å². The molecule has 0 unspecified atom stereocenters. The number of tetrazole rings is 1. The molecule has 21 heavy (non-hydrogen) atoms. The molecule has 1 aromatic carbocycles. The van der Waals surface area contributed by atoms with Gasteiger partial charge in [0.1, 0.15) is 12.1 Å². The molecular weight excluding hydrogens is 268 g/mol. The van der Waals surface area contributed by atoms with E-state index in [0.29, 0.717) is 6.54 Å². The maximum Gasteiger partial charge on any atom is 0.143 e. The van der Waals surface area contributed by atoms with Crippen LogP contribution in [0.15, 0.2) is 35.1 Å². The van der Waals surface area contributed by atoms with Crippen molar-refractivity contribution in [2.24, 2.45) is 0 Å². The Hall–Kier alpha value is -2.70. The summed E-state index contributed by atoms with van der Waals surface area (Å²) in [7, 11) is 0. The first-order valence-corrected chi connectivity index (χ1v) is 6.80. The van der Waals surface area contributed by atoms with Crippen molar-refractivity contribution in [2.45, 2.75) is 26.8 Å². The van der Waals surface area contributed by atoms with Gasteiger partial charge in [-0.1, -0.05) is 24.2 Å². The summed E-state index contributed by atoms with van der Waals surface area (Å²) in [6.07, 6.45) is 2.40. The van der Waals surface area contributed by atoms with Gasteiger partial charge in [-0.2, -0.15) is 4.68 Å². The van der Waals surface area contributed by atoms with Gasteiger partial charge in [0.05, 0.1) is 17.1 Å². The summed E-state index contributed by atoms with van der Waals surface area (Å²) in [4.78, 5) is 0. The Kier molecular flexibility index (Phi) is 3.63. The van der Waals surface area contributed by atoms with Gasteiger partial charge in [0.2, 0.25) is 0 Å². The summed E-state index contributed by atoms with van der Waals surface area (Å²) in [5.41, 5.74) is 3.87. The lowest BCUT2D eigenvalue weighted by molar-refractivity contribution is 0.382. The summed E-state index contributed by atoms with van der Waals surface area (Å²) < 4.78 is 6.94. The topological polar surface area (TPSA) is 81.7 Å². The maximum atomic E-state index is 5.31. The van der Waals surface area contributed by atoms with Crippen LogP contribution in [0.1, 0.15) is 23.9 Å². The summed E-state index contributed by atoms with van der Waals surface area (Å²) in [6, 6.07) is 7.87. The molecule has 0 aliphatic rings. The van der Waals surface area contributed by atoms with Crippen LogP contribution in [0.25, 0.3) is 5.69 Å². The standard InChI is InChI=1S/C14H16N6O/c1-3-14-11(10(2)17-21-14)8-15-12-6-4-5-7-13(12)20-9-16-18-19-20/h4-7,9,15H,3,8H2,1-2H3. The van der Waals surface area contributed by atoms with Crippen molar-refractivity contribution in [1.29, 1.82) is 0 Å². The zero-order chi connectivity index (χ0) is 14.7. The summed E-state index contributed by atoms with van der Waals surface area (Å²) in [5.74, 6) is 0.917. The molecule has 2 heterocycles. The number of hydrogen-bond donors (Lipinski definition) is 1. The van der Waals surface area contributed by atoms with Crippen LogP contribution in [-0.4, -0.2) is 25.4 Å². The Morgan fingerprint density at radius 2 is 2.14 bits per heavy atom. The molecule has 2 aromatic heterocycles. The Morgan fingerprint density at radius 3 is 2.90 bits per heavy atom. The predicted molar refractivity (Wildman–Crippen MR) is 77.1 cm³/mol. The van der Waals surface area contributed by atoms with Crippen molar-refractivity contribution in [3.8, 4) is 5.69 Å².